The van der Waals surface area contributed by atoms with Crippen LogP contribution >= 0.6 is 0 Å². The van der Waals surface area contributed by atoms with Crippen molar-refractivity contribution in [2.75, 3.05) is 0 Å². The molecule has 0 amide bonds. The average Bonchev–Trinajstić information content (AvgIpc) is 2.40. The summed E-state index contributed by atoms with van der Waals surface area (Å²) < 4.78 is 5.68. The number of carbonyl (C=O) groups is 1. The lowest BCUT2D eigenvalue weighted by Crippen LogP contribution is -2.02. The smallest absolute Gasteiger partial charge is 0.303 e. The fourth-order valence-corrected chi connectivity index (χ4v) is 1.87. The zero-order valence-corrected chi connectivity index (χ0v) is 10.7. The molecule has 0 aliphatic rings. The number of carboxylic acids is 1. The van der Waals surface area contributed by atoms with Gasteiger partial charge in [0.2, 0.25) is 0 Å². The van der Waals surface area contributed by atoms with Gasteiger partial charge in [-0.2, -0.15) is 0 Å². The fraction of sp³-hybridized carbons (Fsp3) is 0.188. The first kappa shape index (κ1) is 13.1. The van der Waals surface area contributed by atoms with Gasteiger partial charge in [-0.3, -0.25) is 4.79 Å². The van der Waals surface area contributed by atoms with Gasteiger partial charge in [-0.25, -0.2) is 0 Å². The largest absolute Gasteiger partial charge is 0.481 e. The fourth-order valence-electron chi connectivity index (χ4n) is 1.87. The van der Waals surface area contributed by atoms with E-state index in [1.54, 1.807) is 0 Å². The Kier molecular flexibility index (Phi) is 4.18. The lowest BCUT2D eigenvalue weighted by Gasteiger charge is -2.10. The Morgan fingerprint density at radius 2 is 1.63 bits per heavy atom. The highest BCUT2D eigenvalue weighted by atomic mass is 16.5. The molecule has 0 radical (unpaired) electrons. The first-order chi connectivity index (χ1) is 9.15. The van der Waals surface area contributed by atoms with Crippen molar-refractivity contribution in [2.24, 2.45) is 0 Å². The van der Waals surface area contributed by atoms with Crippen LogP contribution in [0.1, 0.15) is 24.8 Å². The van der Waals surface area contributed by atoms with E-state index >= 15 is 0 Å². The molecule has 3 nitrogen and oxygen atoms in total. The van der Waals surface area contributed by atoms with Crippen LogP contribution < -0.4 is 4.74 Å². The molecule has 2 rings (SSSR count). The Bertz CT molecular complexity index is 532. The van der Waals surface area contributed by atoms with E-state index in [1.165, 1.54) is 0 Å². The maximum Gasteiger partial charge on any atom is 0.303 e. The molecule has 1 N–H and O–H groups in total. The maximum absolute atomic E-state index is 10.7. The minimum absolute atomic E-state index is 0.00303. The molecule has 0 saturated carbocycles. The molecule has 1 atom stereocenters. The molecule has 0 fully saturated rings. The highest BCUT2D eigenvalue weighted by Gasteiger charge is 2.10. The van der Waals surface area contributed by atoms with E-state index in [4.69, 9.17) is 9.84 Å². The van der Waals surface area contributed by atoms with Crippen molar-refractivity contribution >= 4 is 5.97 Å². The van der Waals surface area contributed by atoms with Crippen LogP contribution in [0.25, 0.3) is 0 Å². The molecule has 2 aromatic carbocycles. The van der Waals surface area contributed by atoms with Gasteiger partial charge in [-0.05, 0) is 35.7 Å². The normalized spacial score (nSPS) is 11.8. The molecule has 0 aliphatic heterocycles. The van der Waals surface area contributed by atoms with E-state index in [0.717, 1.165) is 17.1 Å². The first-order valence-corrected chi connectivity index (χ1v) is 6.20. The third kappa shape index (κ3) is 3.85. The molecule has 0 saturated heterocycles. The van der Waals surface area contributed by atoms with Gasteiger partial charge in [-0.1, -0.05) is 37.3 Å². The topological polar surface area (TPSA) is 46.5 Å². The third-order valence-electron chi connectivity index (χ3n) is 2.91. The molecule has 19 heavy (non-hydrogen) atoms. The monoisotopic (exact) mass is 256 g/mol. The molecule has 0 heterocycles. The number of hydrogen-bond donors (Lipinski definition) is 1. The average molecular weight is 256 g/mol. The molecule has 2 aromatic rings. The Morgan fingerprint density at radius 1 is 1.05 bits per heavy atom. The van der Waals surface area contributed by atoms with Crippen molar-refractivity contribution in [3.05, 3.63) is 60.2 Å². The van der Waals surface area contributed by atoms with Gasteiger partial charge in [-0.15, -0.1) is 0 Å². The summed E-state index contributed by atoms with van der Waals surface area (Å²) in [6.45, 7) is 1.90. The van der Waals surface area contributed by atoms with E-state index in [9.17, 15) is 4.79 Å². The number of rotatable bonds is 5. The van der Waals surface area contributed by atoms with E-state index in [2.05, 4.69) is 0 Å². The summed E-state index contributed by atoms with van der Waals surface area (Å²) in [6.07, 6.45) is 0.138. The molecule has 0 aromatic heterocycles. The van der Waals surface area contributed by atoms with Crippen LogP contribution in [-0.4, -0.2) is 11.1 Å². The van der Waals surface area contributed by atoms with Crippen LogP contribution in [0, 0.1) is 0 Å². The highest BCUT2D eigenvalue weighted by Crippen LogP contribution is 2.25. The second-order valence-corrected chi connectivity index (χ2v) is 4.48. The molecular formula is C16H16O3. The molecule has 3 heteroatoms. The molecule has 0 aliphatic carbocycles. The Balaban J connectivity index is 2.04. The van der Waals surface area contributed by atoms with E-state index < -0.39 is 5.97 Å². The SMILES string of the molecule is CC(CC(=O)O)c1ccc(Oc2ccccc2)cc1. The van der Waals surface area contributed by atoms with Gasteiger partial charge < -0.3 is 9.84 Å². The number of benzene rings is 2. The second kappa shape index (κ2) is 6.05. The second-order valence-electron chi connectivity index (χ2n) is 4.48. The zero-order chi connectivity index (χ0) is 13.7. The molecule has 0 bridgehead atoms. The van der Waals surface area contributed by atoms with Crippen molar-refractivity contribution in [1.29, 1.82) is 0 Å². The van der Waals surface area contributed by atoms with Gasteiger partial charge in [0.25, 0.3) is 0 Å². The summed E-state index contributed by atoms with van der Waals surface area (Å²) in [7, 11) is 0. The third-order valence-corrected chi connectivity index (χ3v) is 2.91. The molecule has 1 unspecified atom stereocenters. The number of carboxylic acid groups (broad SMARTS) is 1. The van der Waals surface area contributed by atoms with E-state index in [1.807, 2.05) is 61.5 Å². The van der Waals surface area contributed by atoms with Gasteiger partial charge in [0.15, 0.2) is 0 Å². The van der Waals surface area contributed by atoms with Gasteiger partial charge in [0.1, 0.15) is 11.5 Å². The number of aliphatic carboxylic acids is 1. The van der Waals surface area contributed by atoms with Crippen molar-refractivity contribution in [3.63, 3.8) is 0 Å². The summed E-state index contributed by atoms with van der Waals surface area (Å²) in [6, 6.07) is 17.1. The van der Waals surface area contributed by atoms with E-state index in [0.29, 0.717) is 0 Å². The number of para-hydroxylation sites is 1. The quantitative estimate of drug-likeness (QED) is 0.877. The summed E-state index contributed by atoms with van der Waals surface area (Å²) in [5.74, 6) is 0.756. The van der Waals surface area contributed by atoms with Gasteiger partial charge >= 0.3 is 5.97 Å². The summed E-state index contributed by atoms with van der Waals surface area (Å²) in [5, 5.41) is 8.77. The Morgan fingerprint density at radius 3 is 2.21 bits per heavy atom. The lowest BCUT2D eigenvalue weighted by molar-refractivity contribution is -0.137. The summed E-state index contributed by atoms with van der Waals surface area (Å²) in [5.41, 5.74) is 1.00. The predicted octanol–water partition coefficient (Wildman–Crippen LogP) is 4.06. The van der Waals surface area contributed by atoms with Crippen LogP contribution in [0.2, 0.25) is 0 Å². The number of hydrogen-bond acceptors (Lipinski definition) is 2. The Hall–Kier alpha value is -2.29. The van der Waals surface area contributed by atoms with Crippen LogP contribution in [-0.2, 0) is 4.79 Å². The van der Waals surface area contributed by atoms with Crippen LogP contribution in [0.4, 0.5) is 0 Å². The number of ether oxygens (including phenoxy) is 1. The molecule has 98 valence electrons. The predicted molar refractivity (Wildman–Crippen MR) is 73.6 cm³/mol. The highest BCUT2D eigenvalue weighted by molar-refractivity contribution is 5.68. The van der Waals surface area contributed by atoms with Crippen molar-refractivity contribution in [1.82, 2.24) is 0 Å². The van der Waals surface area contributed by atoms with Crippen LogP contribution in [0.3, 0.4) is 0 Å². The minimum Gasteiger partial charge on any atom is -0.481 e. The van der Waals surface area contributed by atoms with Crippen molar-refractivity contribution < 1.29 is 14.6 Å². The molecular weight excluding hydrogens is 240 g/mol. The van der Waals surface area contributed by atoms with Crippen molar-refractivity contribution in [3.8, 4) is 11.5 Å². The standard InChI is InChI=1S/C16H16O3/c1-12(11-16(17)18)13-7-9-15(10-8-13)19-14-5-3-2-4-6-14/h2-10,12H,11H2,1H3,(H,17,18). The zero-order valence-electron chi connectivity index (χ0n) is 10.7. The van der Waals surface area contributed by atoms with Gasteiger partial charge in [0, 0.05) is 0 Å². The van der Waals surface area contributed by atoms with Crippen LogP contribution in [0.5, 0.6) is 11.5 Å². The van der Waals surface area contributed by atoms with E-state index in [-0.39, 0.29) is 12.3 Å². The summed E-state index contributed by atoms with van der Waals surface area (Å²) >= 11 is 0. The molecule has 0 spiro atoms. The van der Waals surface area contributed by atoms with Gasteiger partial charge in [0.05, 0.1) is 6.42 Å². The first-order valence-electron chi connectivity index (χ1n) is 6.20. The summed E-state index contributed by atoms with van der Waals surface area (Å²) in [4.78, 5) is 10.7. The van der Waals surface area contributed by atoms with Crippen LogP contribution in [0.15, 0.2) is 54.6 Å². The maximum atomic E-state index is 10.7. The van der Waals surface area contributed by atoms with Crippen molar-refractivity contribution in [2.45, 2.75) is 19.3 Å². The Labute approximate surface area is 112 Å². The minimum atomic E-state index is -0.780. The lowest BCUT2D eigenvalue weighted by atomic mass is 9.98.